The van der Waals surface area contributed by atoms with Crippen molar-refractivity contribution in [2.45, 2.75) is 13.8 Å². The molecule has 0 saturated carbocycles. The molecule has 1 atom stereocenters. The van der Waals surface area contributed by atoms with E-state index in [-0.39, 0.29) is 33.0 Å². The van der Waals surface area contributed by atoms with Gasteiger partial charge in [0.1, 0.15) is 28.6 Å². The van der Waals surface area contributed by atoms with Gasteiger partial charge in [-0.1, -0.05) is 18.2 Å². The Balaban J connectivity index is 0.00000338. The number of methoxy groups -OCH3 is 2. The van der Waals surface area contributed by atoms with Crippen LogP contribution in [0.15, 0.2) is 36.4 Å². The van der Waals surface area contributed by atoms with E-state index in [0.29, 0.717) is 36.0 Å². The van der Waals surface area contributed by atoms with Crippen LogP contribution in [0.3, 0.4) is 0 Å². The molecule has 0 amide bonds. The Morgan fingerprint density at radius 2 is 1.50 bits per heavy atom. The normalized spacial score (nSPS) is 10.3. The van der Waals surface area contributed by atoms with Gasteiger partial charge >= 0.3 is 18.9 Å². The number of rotatable bonds is 9. The van der Waals surface area contributed by atoms with Crippen molar-refractivity contribution < 1.29 is 23.7 Å². The van der Waals surface area contributed by atoms with Crippen LogP contribution in [0.5, 0.6) is 23.0 Å². The predicted octanol–water partition coefficient (Wildman–Crippen LogP) is 3.00. The van der Waals surface area contributed by atoms with E-state index < -0.39 is 0 Å². The number of hydrogen-bond acceptors (Lipinski definition) is 5. The maximum atomic E-state index is 13.0. The summed E-state index contributed by atoms with van der Waals surface area (Å²) in [4.78, 5) is 13.0. The van der Waals surface area contributed by atoms with Gasteiger partial charge in [0.05, 0.1) is 27.4 Å². The van der Waals surface area contributed by atoms with Crippen molar-refractivity contribution in [3.05, 3.63) is 42.0 Å². The summed E-state index contributed by atoms with van der Waals surface area (Å²) in [6.45, 7) is 4.87. The van der Waals surface area contributed by atoms with Crippen LogP contribution < -0.4 is 24.3 Å². The molecule has 1 unspecified atom stereocenters. The van der Waals surface area contributed by atoms with Gasteiger partial charge in [-0.05, 0) is 28.5 Å². The average Bonchev–Trinajstić information content (AvgIpc) is 2.62. The fraction of sp³-hybridized carbons (Fsp3) is 0.316. The Bertz CT molecular complexity index is 711. The van der Waals surface area contributed by atoms with E-state index in [1.807, 2.05) is 38.1 Å². The minimum atomic E-state index is -0.104. The van der Waals surface area contributed by atoms with Crippen molar-refractivity contribution in [3.63, 3.8) is 0 Å². The molecule has 0 aliphatic carbocycles. The van der Waals surface area contributed by atoms with E-state index in [0.717, 1.165) is 11.1 Å². The Morgan fingerprint density at radius 3 is 2.04 bits per heavy atom. The molecule has 2 rings (SSSR count). The van der Waals surface area contributed by atoms with Crippen molar-refractivity contribution in [1.29, 1.82) is 0 Å². The molecule has 0 bridgehead atoms. The second-order valence-electron chi connectivity index (χ2n) is 5.02. The average molecular weight is 370 g/mol. The molecule has 0 aromatic heterocycles. The molecule has 2 aromatic carbocycles. The van der Waals surface area contributed by atoms with Crippen LogP contribution in [0.2, 0.25) is 0 Å². The van der Waals surface area contributed by atoms with Gasteiger partial charge < -0.3 is 18.9 Å². The Morgan fingerprint density at radius 1 is 0.923 bits per heavy atom. The Labute approximate surface area is 168 Å². The first kappa shape index (κ1) is 22.4. The van der Waals surface area contributed by atoms with E-state index in [1.165, 1.54) is 14.2 Å². The summed E-state index contributed by atoms with van der Waals surface area (Å²) in [5.74, 6) is 2.20. The number of benzene rings is 2. The summed E-state index contributed by atoms with van der Waals surface area (Å²) < 4.78 is 21.9. The van der Waals surface area contributed by atoms with E-state index in [9.17, 15) is 4.79 Å². The zero-order chi connectivity index (χ0) is 18.2. The predicted molar refractivity (Wildman–Crippen MR) is 108 cm³/mol. The van der Waals surface area contributed by atoms with Gasteiger partial charge in [-0.15, -0.1) is 0 Å². The van der Waals surface area contributed by atoms with E-state index in [2.05, 4.69) is 0 Å². The molecule has 0 radical (unpaired) electrons. The summed E-state index contributed by atoms with van der Waals surface area (Å²) >= 11 is 0. The van der Waals surface area contributed by atoms with Crippen LogP contribution >= 0.6 is 8.58 Å². The number of carbonyl (C=O) groups excluding carboxylic acids is 1. The first-order valence-electron chi connectivity index (χ1n) is 8.06. The molecule has 2 aromatic rings. The molecule has 0 fully saturated rings. The molecular formula is C19H24LiO5P. The third-order valence-corrected chi connectivity index (χ3v) is 4.61. The summed E-state index contributed by atoms with van der Waals surface area (Å²) in [5, 5.41) is 0.854. The number of carbonyl (C=O) groups is 1. The molecule has 0 heterocycles. The molecule has 0 saturated heterocycles. The third kappa shape index (κ3) is 5.41. The minimum absolute atomic E-state index is 0. The molecule has 0 spiro atoms. The van der Waals surface area contributed by atoms with Gasteiger partial charge in [0.15, 0.2) is 5.52 Å². The Kier molecular flexibility index (Phi) is 9.58. The van der Waals surface area contributed by atoms with Crippen molar-refractivity contribution in [2.24, 2.45) is 0 Å². The van der Waals surface area contributed by atoms with Crippen molar-refractivity contribution >= 4 is 38.3 Å². The second kappa shape index (κ2) is 11.1. The molecule has 0 aliphatic heterocycles. The molecule has 136 valence electrons. The molecule has 5 nitrogen and oxygen atoms in total. The first-order chi connectivity index (χ1) is 12.1. The van der Waals surface area contributed by atoms with E-state index in [4.69, 9.17) is 18.9 Å². The molecule has 0 aliphatic rings. The van der Waals surface area contributed by atoms with Crippen molar-refractivity contribution in [1.82, 2.24) is 0 Å². The fourth-order valence-corrected chi connectivity index (χ4v) is 3.47. The first-order valence-corrected chi connectivity index (χ1v) is 9.06. The topological polar surface area (TPSA) is 54.0 Å². The molecule has 26 heavy (non-hydrogen) atoms. The van der Waals surface area contributed by atoms with Gasteiger partial charge in [0, 0.05) is 17.4 Å². The van der Waals surface area contributed by atoms with Gasteiger partial charge in [-0.2, -0.15) is 0 Å². The van der Waals surface area contributed by atoms with Crippen LogP contribution in [-0.4, -0.2) is 51.8 Å². The maximum absolute atomic E-state index is 13.0. The summed E-state index contributed by atoms with van der Waals surface area (Å²) in [6.07, 6.45) is 0. The summed E-state index contributed by atoms with van der Waals surface area (Å²) in [6, 6.07) is 11.0. The van der Waals surface area contributed by atoms with Crippen molar-refractivity contribution in [3.8, 4) is 23.0 Å². The molecule has 7 heteroatoms. The fourth-order valence-electron chi connectivity index (χ4n) is 2.40. The van der Waals surface area contributed by atoms with Crippen molar-refractivity contribution in [2.75, 3.05) is 27.4 Å². The summed E-state index contributed by atoms with van der Waals surface area (Å²) in [7, 11) is 2.95. The van der Waals surface area contributed by atoms with E-state index >= 15 is 0 Å². The SMILES string of the molecule is CCOc1cc(OC)c(C(=O)Pc2ccccc2OCC)c(OC)c1.[LiH]. The Hall–Kier alpha value is -1.66. The van der Waals surface area contributed by atoms with E-state index in [1.54, 1.807) is 12.1 Å². The third-order valence-electron chi connectivity index (χ3n) is 3.45. The summed E-state index contributed by atoms with van der Waals surface area (Å²) in [5.41, 5.74) is 0.335. The monoisotopic (exact) mass is 370 g/mol. The standard InChI is InChI=1S/C19H23O5P.Li.H/c1-5-23-13-11-15(21-3)18(16(12-13)22-4)19(20)25-17-10-8-7-9-14(17)24-6-2;;/h7-12,25H,5-6H2,1-4H3;;. The molecule has 0 N–H and O–H groups in total. The van der Waals surface area contributed by atoms with Gasteiger partial charge in [-0.25, -0.2) is 0 Å². The van der Waals surface area contributed by atoms with Gasteiger partial charge in [0.2, 0.25) is 0 Å². The van der Waals surface area contributed by atoms with Gasteiger partial charge in [0.25, 0.3) is 0 Å². The van der Waals surface area contributed by atoms with Crippen LogP contribution in [0.25, 0.3) is 0 Å². The van der Waals surface area contributed by atoms with Crippen LogP contribution in [-0.2, 0) is 0 Å². The zero-order valence-corrected chi connectivity index (χ0v) is 15.9. The van der Waals surface area contributed by atoms with Crippen LogP contribution in [0.1, 0.15) is 24.2 Å². The van der Waals surface area contributed by atoms with Gasteiger partial charge in [-0.3, -0.25) is 4.79 Å². The number of ether oxygens (including phenoxy) is 4. The van der Waals surface area contributed by atoms with Crippen LogP contribution in [0.4, 0.5) is 0 Å². The quantitative estimate of drug-likeness (QED) is 0.502. The molecular weight excluding hydrogens is 346 g/mol. The number of hydrogen-bond donors (Lipinski definition) is 0. The zero-order valence-electron chi connectivity index (χ0n) is 14.9. The number of para-hydroxylation sites is 1. The second-order valence-corrected chi connectivity index (χ2v) is 6.26. The van der Waals surface area contributed by atoms with Crippen LogP contribution in [0, 0.1) is 0 Å².